The van der Waals surface area contributed by atoms with E-state index in [1.807, 2.05) is 13.0 Å². The van der Waals surface area contributed by atoms with Crippen molar-refractivity contribution in [1.82, 2.24) is 0 Å². The van der Waals surface area contributed by atoms with Gasteiger partial charge in [-0.3, -0.25) is 4.72 Å². The van der Waals surface area contributed by atoms with E-state index in [9.17, 15) is 8.42 Å². The van der Waals surface area contributed by atoms with Crippen LogP contribution in [0, 0.1) is 25.2 Å². The lowest BCUT2D eigenvalue weighted by atomic mass is 10.2. The summed E-state index contributed by atoms with van der Waals surface area (Å²) >= 11 is 4.45. The molecular formula is C13H12BrN3O2S2. The molecule has 1 heterocycles. The Morgan fingerprint density at radius 2 is 2.05 bits per heavy atom. The van der Waals surface area contributed by atoms with Crippen LogP contribution in [-0.4, -0.2) is 8.42 Å². The fourth-order valence-electron chi connectivity index (χ4n) is 1.75. The molecule has 8 heteroatoms. The van der Waals surface area contributed by atoms with Crippen LogP contribution in [0.1, 0.15) is 16.0 Å². The van der Waals surface area contributed by atoms with Crippen molar-refractivity contribution >= 4 is 48.0 Å². The summed E-state index contributed by atoms with van der Waals surface area (Å²) in [6.45, 7) is 3.63. The number of nitrogens with two attached hydrogens (primary N) is 1. The van der Waals surface area contributed by atoms with Gasteiger partial charge in [0.1, 0.15) is 16.0 Å². The molecule has 0 saturated heterocycles. The molecule has 0 spiro atoms. The zero-order valence-electron chi connectivity index (χ0n) is 11.3. The van der Waals surface area contributed by atoms with E-state index in [-0.39, 0.29) is 10.6 Å². The Morgan fingerprint density at radius 3 is 2.67 bits per heavy atom. The lowest BCUT2D eigenvalue weighted by Gasteiger charge is -2.09. The van der Waals surface area contributed by atoms with Gasteiger partial charge in [-0.1, -0.05) is 15.9 Å². The minimum Gasteiger partial charge on any atom is -0.398 e. The second-order valence-electron chi connectivity index (χ2n) is 4.39. The highest BCUT2D eigenvalue weighted by atomic mass is 79.9. The number of hydrogen-bond acceptors (Lipinski definition) is 5. The van der Waals surface area contributed by atoms with E-state index in [1.165, 1.54) is 23.5 Å². The molecule has 2 aromatic rings. The Kier molecular flexibility index (Phi) is 4.27. The van der Waals surface area contributed by atoms with Crippen LogP contribution in [-0.2, 0) is 10.0 Å². The van der Waals surface area contributed by atoms with Crippen LogP contribution in [0.5, 0.6) is 0 Å². The number of thiophene rings is 1. The molecule has 0 aliphatic rings. The molecule has 0 amide bonds. The van der Waals surface area contributed by atoms with Gasteiger partial charge in [0.25, 0.3) is 10.0 Å². The third-order valence-corrected chi connectivity index (χ3v) is 6.14. The first kappa shape index (κ1) is 15.8. The number of nitrogens with zero attached hydrogens (tertiary/aromatic N) is 1. The van der Waals surface area contributed by atoms with Gasteiger partial charge in [-0.05, 0) is 37.6 Å². The highest BCUT2D eigenvalue weighted by Crippen LogP contribution is 2.34. The summed E-state index contributed by atoms with van der Waals surface area (Å²) in [5.74, 6) is 0. The number of aryl methyl sites for hydroxylation is 1. The second kappa shape index (κ2) is 5.67. The van der Waals surface area contributed by atoms with Gasteiger partial charge in [-0.25, -0.2) is 8.42 Å². The molecule has 1 aromatic carbocycles. The van der Waals surface area contributed by atoms with Crippen molar-refractivity contribution in [2.75, 3.05) is 10.5 Å². The largest absolute Gasteiger partial charge is 0.398 e. The molecular weight excluding hydrogens is 374 g/mol. The van der Waals surface area contributed by atoms with Crippen molar-refractivity contribution in [3.63, 3.8) is 0 Å². The molecule has 0 aliphatic carbocycles. The smallest absolute Gasteiger partial charge is 0.264 e. The minimum absolute atomic E-state index is 0.0236. The van der Waals surface area contributed by atoms with Gasteiger partial charge in [-0.15, -0.1) is 11.3 Å². The van der Waals surface area contributed by atoms with E-state index >= 15 is 0 Å². The van der Waals surface area contributed by atoms with Gasteiger partial charge in [0.05, 0.1) is 11.3 Å². The maximum Gasteiger partial charge on any atom is 0.264 e. The maximum atomic E-state index is 12.4. The van der Waals surface area contributed by atoms with E-state index in [0.717, 1.165) is 10.4 Å². The molecule has 0 fully saturated rings. The number of rotatable bonds is 3. The van der Waals surface area contributed by atoms with E-state index in [2.05, 4.69) is 20.7 Å². The number of sulfonamides is 1. The fraction of sp³-hybridized carbons (Fsp3) is 0.154. The monoisotopic (exact) mass is 385 g/mol. The summed E-state index contributed by atoms with van der Waals surface area (Å²) in [4.78, 5) is 0.871. The Bertz CT molecular complexity index is 851. The van der Waals surface area contributed by atoms with E-state index < -0.39 is 10.0 Å². The number of halogens is 1. The summed E-state index contributed by atoms with van der Waals surface area (Å²) in [5, 5.41) is 9.48. The van der Waals surface area contributed by atoms with Crippen LogP contribution < -0.4 is 10.5 Å². The van der Waals surface area contributed by atoms with Gasteiger partial charge in [0, 0.05) is 9.35 Å². The first-order valence-electron chi connectivity index (χ1n) is 5.84. The molecule has 21 heavy (non-hydrogen) atoms. The van der Waals surface area contributed by atoms with Crippen LogP contribution in [0.15, 0.2) is 27.6 Å². The van der Waals surface area contributed by atoms with Crippen LogP contribution in [0.4, 0.5) is 10.7 Å². The number of hydrogen-bond donors (Lipinski definition) is 2. The number of nitrogen functional groups attached to an aromatic ring is 1. The number of anilines is 2. The summed E-state index contributed by atoms with van der Waals surface area (Å²) in [6.07, 6.45) is 0. The summed E-state index contributed by atoms with van der Waals surface area (Å²) in [6, 6.07) is 6.63. The number of benzene rings is 1. The van der Waals surface area contributed by atoms with Crippen LogP contribution in [0.3, 0.4) is 0 Å². The predicted molar refractivity (Wildman–Crippen MR) is 87.9 cm³/mol. The Morgan fingerprint density at radius 1 is 1.38 bits per heavy atom. The first-order chi connectivity index (χ1) is 9.76. The summed E-state index contributed by atoms with van der Waals surface area (Å²) < 4.78 is 28.0. The van der Waals surface area contributed by atoms with Crippen molar-refractivity contribution in [3.05, 3.63) is 38.7 Å². The molecule has 0 saturated carbocycles. The van der Waals surface area contributed by atoms with Crippen molar-refractivity contribution in [1.29, 1.82) is 5.26 Å². The average molecular weight is 386 g/mol. The van der Waals surface area contributed by atoms with Gasteiger partial charge in [0.15, 0.2) is 0 Å². The molecule has 0 aliphatic heterocycles. The van der Waals surface area contributed by atoms with Gasteiger partial charge in [0.2, 0.25) is 0 Å². The lowest BCUT2D eigenvalue weighted by molar-refractivity contribution is 0.601. The van der Waals surface area contributed by atoms with Crippen LogP contribution in [0.2, 0.25) is 0 Å². The van der Waals surface area contributed by atoms with Crippen molar-refractivity contribution in [2.45, 2.75) is 18.7 Å². The Balaban J connectivity index is 2.50. The molecule has 110 valence electrons. The highest BCUT2D eigenvalue weighted by Gasteiger charge is 2.22. The zero-order chi connectivity index (χ0) is 15.8. The molecule has 0 unspecified atom stereocenters. The minimum atomic E-state index is -3.85. The normalized spacial score (nSPS) is 11.1. The maximum absolute atomic E-state index is 12.4. The topological polar surface area (TPSA) is 96.0 Å². The SMILES string of the molecule is Cc1sc(NS(=O)(=O)c2cc(Br)ccc2N)c(C#N)c1C. The van der Waals surface area contributed by atoms with Crippen LogP contribution >= 0.6 is 27.3 Å². The molecule has 2 rings (SSSR count). The van der Waals surface area contributed by atoms with E-state index in [4.69, 9.17) is 11.0 Å². The molecule has 3 N–H and O–H groups in total. The highest BCUT2D eigenvalue weighted by molar-refractivity contribution is 9.10. The van der Waals surface area contributed by atoms with Crippen molar-refractivity contribution < 1.29 is 8.42 Å². The first-order valence-corrected chi connectivity index (χ1v) is 8.93. The molecule has 1 aromatic heterocycles. The second-order valence-corrected chi connectivity index (χ2v) is 8.18. The third kappa shape index (κ3) is 3.05. The van der Waals surface area contributed by atoms with E-state index in [0.29, 0.717) is 15.0 Å². The van der Waals surface area contributed by atoms with Crippen molar-refractivity contribution in [2.24, 2.45) is 0 Å². The van der Waals surface area contributed by atoms with E-state index in [1.54, 1.807) is 13.0 Å². The average Bonchev–Trinajstić information content (AvgIpc) is 2.66. The molecule has 5 nitrogen and oxygen atoms in total. The standard InChI is InChI=1S/C13H12BrN3O2S2/c1-7-8(2)20-13(10(7)6-15)17-21(18,19)12-5-9(14)3-4-11(12)16/h3-5,17H,16H2,1-2H3. The zero-order valence-corrected chi connectivity index (χ0v) is 14.5. The van der Waals surface area contributed by atoms with Gasteiger partial charge < -0.3 is 5.73 Å². The Hall–Kier alpha value is -1.56. The predicted octanol–water partition coefficient (Wildman–Crippen LogP) is 3.38. The lowest BCUT2D eigenvalue weighted by Crippen LogP contribution is -2.14. The molecule has 0 atom stereocenters. The van der Waals surface area contributed by atoms with Gasteiger partial charge in [-0.2, -0.15) is 5.26 Å². The summed E-state index contributed by atoms with van der Waals surface area (Å²) in [5.41, 5.74) is 7.00. The quantitative estimate of drug-likeness (QED) is 0.791. The number of nitriles is 1. The van der Waals surface area contributed by atoms with Crippen LogP contribution in [0.25, 0.3) is 0 Å². The number of nitrogens with one attached hydrogen (secondary N) is 1. The summed E-state index contributed by atoms with van der Waals surface area (Å²) in [7, 11) is -3.85. The Labute approximate surface area is 135 Å². The molecule has 0 radical (unpaired) electrons. The molecule has 0 bridgehead atoms. The third-order valence-electron chi connectivity index (χ3n) is 2.99. The van der Waals surface area contributed by atoms with Gasteiger partial charge >= 0.3 is 0 Å². The fourth-order valence-corrected chi connectivity index (χ4v) is 4.74. The van der Waals surface area contributed by atoms with Crippen molar-refractivity contribution in [3.8, 4) is 6.07 Å².